The Bertz CT molecular complexity index is 93.2. The lowest BCUT2D eigenvalue weighted by atomic mass is 10.3. The first-order valence-corrected chi connectivity index (χ1v) is 2.91. The van der Waals surface area contributed by atoms with Crippen molar-refractivity contribution in [2.75, 3.05) is 0 Å². The third-order valence-electron chi connectivity index (χ3n) is 0.808. The lowest BCUT2D eigenvalue weighted by Crippen LogP contribution is -1.83. The van der Waals surface area contributed by atoms with Crippen molar-refractivity contribution in [1.82, 2.24) is 0 Å². The molecule has 12 heavy (non-hydrogen) atoms. The van der Waals surface area contributed by atoms with Crippen LogP contribution >= 0.6 is 0 Å². The molecule has 0 heterocycles. The van der Waals surface area contributed by atoms with Crippen molar-refractivity contribution in [3.63, 3.8) is 0 Å². The quantitative estimate of drug-likeness (QED) is 0.580. The normalized spacial score (nSPS) is 6.83. The van der Waals surface area contributed by atoms with Crippen molar-refractivity contribution in [2.45, 2.75) is 56.4 Å². The summed E-state index contributed by atoms with van der Waals surface area (Å²) >= 11 is 0. The fraction of sp³-hybridized carbons (Fsp3) is 0.727. The minimum atomic E-state index is 0. The average molecular weight is 176 g/mol. The first kappa shape index (κ1) is 30.1. The second kappa shape index (κ2) is 22.4. The minimum Gasteiger partial charge on any atom is -0.300 e. The molecule has 1 heteroatoms. The van der Waals surface area contributed by atoms with E-state index in [4.69, 9.17) is 0 Å². The van der Waals surface area contributed by atoms with Gasteiger partial charge in [-0.25, -0.2) is 0 Å². The van der Waals surface area contributed by atoms with Gasteiger partial charge < -0.3 is 0 Å². The molecule has 0 spiro atoms. The molecule has 0 fully saturated rings. The molecule has 0 bridgehead atoms. The predicted octanol–water partition coefficient (Wildman–Crippen LogP) is 4.48. The van der Waals surface area contributed by atoms with E-state index in [1.807, 2.05) is 12.2 Å². The van der Waals surface area contributed by atoms with Crippen molar-refractivity contribution < 1.29 is 4.79 Å². The van der Waals surface area contributed by atoms with Gasteiger partial charge in [0.1, 0.15) is 5.78 Å². The lowest BCUT2D eigenvalue weighted by Gasteiger charge is -1.80. The molecule has 0 aliphatic heterocycles. The Labute approximate surface area is 79.9 Å². The molecule has 0 aliphatic rings. The van der Waals surface area contributed by atoms with Gasteiger partial charge in [0.05, 0.1) is 0 Å². The van der Waals surface area contributed by atoms with Gasteiger partial charge in [-0.05, 0) is 13.3 Å². The van der Waals surface area contributed by atoms with Crippen molar-refractivity contribution in [2.24, 2.45) is 0 Å². The van der Waals surface area contributed by atoms with E-state index in [-0.39, 0.29) is 35.5 Å². The Morgan fingerprint density at radius 2 is 1.50 bits per heavy atom. The second-order valence-electron chi connectivity index (χ2n) is 1.79. The molecule has 0 aromatic carbocycles. The zero-order chi connectivity index (χ0) is 6.41. The van der Waals surface area contributed by atoms with Gasteiger partial charge in [-0.3, -0.25) is 4.79 Å². The lowest BCUT2D eigenvalue weighted by molar-refractivity contribution is -0.116. The van der Waals surface area contributed by atoms with Crippen LogP contribution in [0.25, 0.3) is 0 Å². The van der Waals surface area contributed by atoms with Crippen LogP contribution in [-0.2, 0) is 4.79 Å². The fourth-order valence-corrected chi connectivity index (χ4v) is 0.416. The number of hydrogen-bond acceptors (Lipinski definition) is 1. The Morgan fingerprint density at radius 1 is 1.08 bits per heavy atom. The molecule has 0 rings (SSSR count). The third-order valence-corrected chi connectivity index (χ3v) is 0.808. The molecule has 0 saturated heterocycles. The van der Waals surface area contributed by atoms with Crippen LogP contribution in [0.4, 0.5) is 0 Å². The number of rotatable bonds is 3. The van der Waals surface area contributed by atoms with Crippen LogP contribution in [0.2, 0.25) is 0 Å². The van der Waals surface area contributed by atoms with Crippen LogP contribution < -0.4 is 0 Å². The fourth-order valence-electron chi connectivity index (χ4n) is 0.416. The van der Waals surface area contributed by atoms with Crippen LogP contribution in [0.3, 0.4) is 0 Å². The molecule has 0 saturated carbocycles. The molecule has 0 unspecified atom stereocenters. The maximum atomic E-state index is 10.3. The van der Waals surface area contributed by atoms with E-state index in [2.05, 4.69) is 6.92 Å². The van der Waals surface area contributed by atoms with Crippen molar-refractivity contribution in [1.29, 1.82) is 0 Å². The predicted molar refractivity (Wildman–Crippen MR) is 61.7 cm³/mol. The van der Waals surface area contributed by atoms with E-state index in [1.54, 1.807) is 6.92 Å². The highest BCUT2D eigenvalue weighted by Gasteiger charge is 1.82. The highest BCUT2D eigenvalue weighted by atomic mass is 16.1. The van der Waals surface area contributed by atoms with Gasteiger partial charge in [0.15, 0.2) is 0 Å². The van der Waals surface area contributed by atoms with Gasteiger partial charge in [0.2, 0.25) is 0 Å². The first-order chi connectivity index (χ1) is 3.77. The summed E-state index contributed by atoms with van der Waals surface area (Å²) in [4.78, 5) is 10.3. The van der Waals surface area contributed by atoms with Crippen LogP contribution in [0, 0.1) is 0 Å². The summed E-state index contributed by atoms with van der Waals surface area (Å²) in [5, 5.41) is 0. The van der Waals surface area contributed by atoms with Crippen LogP contribution in [0.5, 0.6) is 0 Å². The Hall–Kier alpha value is -0.590. The average Bonchev–Trinajstić information content (AvgIpc) is 1.66. The van der Waals surface area contributed by atoms with Gasteiger partial charge in [0, 0.05) is 6.42 Å². The Balaban J connectivity index is -0.0000000408. The molecule has 0 aromatic rings. The zero-order valence-corrected chi connectivity index (χ0v) is 5.48. The van der Waals surface area contributed by atoms with Gasteiger partial charge in [-0.15, -0.1) is 0 Å². The van der Waals surface area contributed by atoms with Gasteiger partial charge in [-0.1, -0.05) is 48.8 Å². The Kier molecular flexibility index (Phi) is 56.3. The van der Waals surface area contributed by atoms with E-state index < -0.39 is 0 Å². The SMILES string of the molecule is C.C.C.C.CCC=CCC(C)=O. The maximum absolute atomic E-state index is 10.3. The smallest absolute Gasteiger partial charge is 0.133 e. The zero-order valence-electron chi connectivity index (χ0n) is 5.48. The summed E-state index contributed by atoms with van der Waals surface area (Å²) in [6.07, 6.45) is 5.52. The molecular formula is C11H28O. The number of carbonyl (C=O) groups excluding carboxylic acids is 1. The summed E-state index contributed by atoms with van der Waals surface area (Å²) in [5.74, 6) is 0.231. The highest BCUT2D eigenvalue weighted by molar-refractivity contribution is 5.76. The molecule has 0 atom stereocenters. The highest BCUT2D eigenvalue weighted by Crippen LogP contribution is 1.85. The molecule has 0 amide bonds. The van der Waals surface area contributed by atoms with Gasteiger partial charge in [-0.2, -0.15) is 0 Å². The van der Waals surface area contributed by atoms with E-state index in [0.29, 0.717) is 6.42 Å². The van der Waals surface area contributed by atoms with Crippen molar-refractivity contribution >= 4 is 5.78 Å². The van der Waals surface area contributed by atoms with Gasteiger partial charge >= 0.3 is 0 Å². The molecule has 0 aromatic heterocycles. The number of allylic oxidation sites excluding steroid dienone is 2. The minimum absolute atomic E-state index is 0. The monoisotopic (exact) mass is 176 g/mol. The van der Waals surface area contributed by atoms with Crippen molar-refractivity contribution in [3.8, 4) is 0 Å². The first-order valence-electron chi connectivity index (χ1n) is 2.91. The standard InChI is InChI=1S/C7H12O.4CH4/c1-3-4-5-6-7(2)8;;;;/h4-5H,3,6H2,1-2H3;4*1H4. The molecule has 78 valence electrons. The number of carbonyl (C=O) groups is 1. The largest absolute Gasteiger partial charge is 0.300 e. The summed E-state index contributed by atoms with van der Waals surface area (Å²) in [6.45, 7) is 3.65. The third kappa shape index (κ3) is 34.2. The van der Waals surface area contributed by atoms with E-state index in [0.717, 1.165) is 6.42 Å². The van der Waals surface area contributed by atoms with Crippen LogP contribution in [0.15, 0.2) is 12.2 Å². The summed E-state index contributed by atoms with van der Waals surface area (Å²) in [7, 11) is 0. The van der Waals surface area contributed by atoms with E-state index in [1.165, 1.54) is 0 Å². The molecule has 0 radical (unpaired) electrons. The summed E-state index contributed by atoms with van der Waals surface area (Å²) < 4.78 is 0. The van der Waals surface area contributed by atoms with E-state index >= 15 is 0 Å². The van der Waals surface area contributed by atoms with Crippen molar-refractivity contribution in [3.05, 3.63) is 12.2 Å². The Morgan fingerprint density at radius 3 is 1.75 bits per heavy atom. The topological polar surface area (TPSA) is 17.1 Å². The molecule has 0 N–H and O–H groups in total. The van der Waals surface area contributed by atoms with Crippen LogP contribution in [0.1, 0.15) is 56.4 Å². The molecule has 0 aliphatic carbocycles. The number of ketones is 1. The van der Waals surface area contributed by atoms with E-state index in [9.17, 15) is 4.79 Å². The van der Waals surface area contributed by atoms with Gasteiger partial charge in [0.25, 0.3) is 0 Å². The summed E-state index contributed by atoms with van der Waals surface area (Å²) in [5.41, 5.74) is 0. The van der Waals surface area contributed by atoms with Crippen LogP contribution in [-0.4, -0.2) is 5.78 Å². The number of Topliss-reactive ketones (excluding diaryl/α,β-unsaturated/α-hetero) is 1. The summed E-state index contributed by atoms with van der Waals surface area (Å²) in [6, 6.07) is 0. The molecule has 1 nitrogen and oxygen atoms in total. The number of hydrogen-bond donors (Lipinski definition) is 0. The molecular weight excluding hydrogens is 148 g/mol. The second-order valence-corrected chi connectivity index (χ2v) is 1.79. The maximum Gasteiger partial charge on any atom is 0.133 e.